The second kappa shape index (κ2) is 3.64. The largest absolute Gasteiger partial charge is 0.363 e. The topological polar surface area (TPSA) is 53.7 Å². The van der Waals surface area contributed by atoms with Crippen LogP contribution in [0.5, 0.6) is 0 Å². The van der Waals surface area contributed by atoms with Gasteiger partial charge in [-0.25, -0.2) is 0 Å². The van der Waals surface area contributed by atoms with Gasteiger partial charge in [-0.1, -0.05) is 0 Å². The Bertz CT molecular complexity index is 125. The van der Waals surface area contributed by atoms with Gasteiger partial charge in [0.15, 0.2) is 0 Å². The van der Waals surface area contributed by atoms with Gasteiger partial charge >= 0.3 is 0 Å². The Morgan fingerprint density at radius 2 is 1.45 bits per heavy atom. The lowest BCUT2D eigenvalue weighted by atomic mass is 10.3. The summed E-state index contributed by atoms with van der Waals surface area (Å²) in [6.45, 7) is 1.75. The molecule has 0 aromatic rings. The molecule has 0 aliphatic rings. The lowest BCUT2D eigenvalue weighted by Gasteiger charge is -2.40. The fourth-order valence-corrected chi connectivity index (χ4v) is 1.08. The molecule has 1 unspecified atom stereocenters. The van der Waals surface area contributed by atoms with Crippen LogP contribution in [0.25, 0.3) is 0 Å². The molecule has 5 heteroatoms. The first-order valence-electron chi connectivity index (χ1n) is 3.38. The summed E-state index contributed by atoms with van der Waals surface area (Å²) in [5, 5.41) is -0.809. The standard InChI is InChI=1S/C6H17NO3Si/c1-5(8-2,9-3)6(7,11)10-4/h7H2,1-4,11H3. The van der Waals surface area contributed by atoms with E-state index in [0.29, 0.717) is 10.2 Å². The molecule has 2 N–H and O–H groups in total. The van der Waals surface area contributed by atoms with E-state index in [-0.39, 0.29) is 0 Å². The minimum Gasteiger partial charge on any atom is -0.363 e. The van der Waals surface area contributed by atoms with Crippen molar-refractivity contribution in [1.82, 2.24) is 0 Å². The molecular formula is C6H17NO3Si. The Morgan fingerprint density at radius 3 is 1.55 bits per heavy atom. The summed E-state index contributed by atoms with van der Waals surface area (Å²) < 4.78 is 15.3. The zero-order valence-corrected chi connectivity index (χ0v) is 9.80. The number of nitrogens with two attached hydrogens (primary N) is 1. The molecule has 68 valence electrons. The minimum absolute atomic E-state index is 0.631. The Kier molecular flexibility index (Phi) is 3.66. The van der Waals surface area contributed by atoms with Crippen molar-refractivity contribution in [2.24, 2.45) is 5.73 Å². The SMILES string of the molecule is COC(N)([SiH3])C(C)(OC)OC. The van der Waals surface area contributed by atoms with Crippen LogP contribution in [0, 0.1) is 0 Å². The van der Waals surface area contributed by atoms with Gasteiger partial charge < -0.3 is 19.9 Å². The van der Waals surface area contributed by atoms with E-state index < -0.39 is 11.1 Å². The summed E-state index contributed by atoms with van der Waals surface area (Å²) in [6, 6.07) is 0. The van der Waals surface area contributed by atoms with Crippen LogP contribution in [0.2, 0.25) is 0 Å². The Hall–Kier alpha value is 0.0569. The zero-order chi connectivity index (χ0) is 9.12. The quantitative estimate of drug-likeness (QED) is 0.427. The van der Waals surface area contributed by atoms with Crippen LogP contribution >= 0.6 is 0 Å². The van der Waals surface area contributed by atoms with E-state index >= 15 is 0 Å². The van der Waals surface area contributed by atoms with Crippen LogP contribution in [-0.4, -0.2) is 42.7 Å². The molecule has 11 heavy (non-hydrogen) atoms. The molecule has 0 aromatic carbocycles. The molecule has 0 bridgehead atoms. The van der Waals surface area contributed by atoms with E-state index in [0.717, 1.165) is 0 Å². The third-order valence-corrected chi connectivity index (χ3v) is 3.42. The number of hydrogen-bond acceptors (Lipinski definition) is 4. The summed E-state index contributed by atoms with van der Waals surface area (Å²) in [5.41, 5.74) is 5.81. The molecule has 0 spiro atoms. The lowest BCUT2D eigenvalue weighted by molar-refractivity contribution is -0.268. The minimum atomic E-state index is -0.853. The average molecular weight is 179 g/mol. The first-order chi connectivity index (χ1) is 4.93. The van der Waals surface area contributed by atoms with E-state index in [4.69, 9.17) is 19.9 Å². The van der Waals surface area contributed by atoms with Crippen molar-refractivity contribution in [3.05, 3.63) is 0 Å². The van der Waals surface area contributed by atoms with Gasteiger partial charge in [-0.05, 0) is 6.92 Å². The van der Waals surface area contributed by atoms with Crippen molar-refractivity contribution in [2.45, 2.75) is 18.1 Å². The van der Waals surface area contributed by atoms with Crippen LogP contribution < -0.4 is 5.73 Å². The predicted molar refractivity (Wildman–Crippen MR) is 46.3 cm³/mol. The monoisotopic (exact) mass is 179 g/mol. The highest BCUT2D eigenvalue weighted by molar-refractivity contribution is 6.14. The zero-order valence-electron chi connectivity index (χ0n) is 7.80. The maximum absolute atomic E-state index is 5.81. The maximum atomic E-state index is 5.81. The maximum Gasteiger partial charge on any atom is 0.203 e. The number of rotatable bonds is 4. The number of hydrogen-bond donors (Lipinski definition) is 1. The van der Waals surface area contributed by atoms with E-state index in [2.05, 4.69) is 0 Å². The predicted octanol–water partition coefficient (Wildman–Crippen LogP) is -1.38. The normalized spacial score (nSPS) is 18.3. The van der Waals surface area contributed by atoms with Gasteiger partial charge in [-0.3, -0.25) is 0 Å². The van der Waals surface area contributed by atoms with Gasteiger partial charge in [0.2, 0.25) is 5.79 Å². The molecular weight excluding hydrogens is 162 g/mol. The second-order valence-electron chi connectivity index (χ2n) is 2.67. The lowest BCUT2D eigenvalue weighted by Crippen LogP contribution is -2.62. The molecule has 0 heterocycles. The van der Waals surface area contributed by atoms with Gasteiger partial charge in [-0.15, -0.1) is 0 Å². The van der Waals surface area contributed by atoms with Crippen LogP contribution in [0.3, 0.4) is 0 Å². The smallest absolute Gasteiger partial charge is 0.203 e. The summed E-state index contributed by atoms with van der Waals surface area (Å²) in [5.74, 6) is -0.853. The van der Waals surface area contributed by atoms with Crippen molar-refractivity contribution in [1.29, 1.82) is 0 Å². The average Bonchev–Trinajstić information content (AvgIpc) is 2.02. The third-order valence-electron chi connectivity index (χ3n) is 2.10. The highest BCUT2D eigenvalue weighted by Gasteiger charge is 2.42. The molecule has 0 aromatic heterocycles. The first-order valence-corrected chi connectivity index (χ1v) is 4.38. The Balaban J connectivity index is 4.47. The molecule has 0 amide bonds. The molecule has 1 atom stereocenters. The summed E-state index contributed by atoms with van der Waals surface area (Å²) >= 11 is 0. The van der Waals surface area contributed by atoms with E-state index in [1.807, 2.05) is 0 Å². The summed E-state index contributed by atoms with van der Waals surface area (Å²) in [4.78, 5) is 0. The number of ether oxygens (including phenoxy) is 3. The van der Waals surface area contributed by atoms with Gasteiger partial charge in [0.05, 0.1) is 10.2 Å². The van der Waals surface area contributed by atoms with Crippen molar-refractivity contribution in [2.75, 3.05) is 21.3 Å². The molecule has 0 radical (unpaired) electrons. The fourth-order valence-electron chi connectivity index (χ4n) is 0.674. The van der Waals surface area contributed by atoms with Crippen LogP contribution in [-0.2, 0) is 14.2 Å². The van der Waals surface area contributed by atoms with Crippen LogP contribution in [0.4, 0.5) is 0 Å². The van der Waals surface area contributed by atoms with E-state index in [9.17, 15) is 0 Å². The van der Waals surface area contributed by atoms with E-state index in [1.54, 1.807) is 28.3 Å². The molecule has 0 saturated carbocycles. The van der Waals surface area contributed by atoms with Crippen molar-refractivity contribution in [3.8, 4) is 0 Å². The number of methoxy groups -OCH3 is 3. The Labute approximate surface area is 70.4 Å². The second-order valence-corrected chi connectivity index (χ2v) is 4.15. The first kappa shape index (κ1) is 11.1. The summed E-state index contributed by atoms with van der Waals surface area (Å²) in [7, 11) is 5.26. The van der Waals surface area contributed by atoms with Crippen LogP contribution in [0.15, 0.2) is 0 Å². The molecule has 0 aliphatic heterocycles. The van der Waals surface area contributed by atoms with Crippen molar-refractivity contribution in [3.63, 3.8) is 0 Å². The molecule has 0 fully saturated rings. The molecule has 0 aliphatic carbocycles. The molecule has 0 rings (SSSR count). The molecule has 0 saturated heterocycles. The van der Waals surface area contributed by atoms with Gasteiger partial charge in [0.1, 0.15) is 5.35 Å². The van der Waals surface area contributed by atoms with Gasteiger partial charge in [0.25, 0.3) is 0 Å². The highest BCUT2D eigenvalue weighted by Crippen LogP contribution is 2.21. The third kappa shape index (κ3) is 2.00. The highest BCUT2D eigenvalue weighted by atomic mass is 28.1. The summed E-state index contributed by atoms with van der Waals surface area (Å²) in [6.07, 6.45) is 0. The molecule has 4 nitrogen and oxygen atoms in total. The van der Waals surface area contributed by atoms with Gasteiger partial charge in [0, 0.05) is 21.3 Å². The van der Waals surface area contributed by atoms with E-state index in [1.165, 1.54) is 0 Å². The fraction of sp³-hybridized carbons (Fsp3) is 1.00. The Morgan fingerprint density at radius 1 is 1.09 bits per heavy atom. The van der Waals surface area contributed by atoms with Gasteiger partial charge in [-0.2, -0.15) is 0 Å². The van der Waals surface area contributed by atoms with Crippen molar-refractivity contribution < 1.29 is 14.2 Å². The van der Waals surface area contributed by atoms with Crippen LogP contribution in [0.1, 0.15) is 6.92 Å². The van der Waals surface area contributed by atoms with Crippen molar-refractivity contribution >= 4 is 10.2 Å².